The van der Waals surface area contributed by atoms with E-state index >= 15 is 0 Å². The van der Waals surface area contributed by atoms with Gasteiger partial charge in [-0.3, -0.25) is 13.9 Å². The monoisotopic (exact) mass is 630 g/mol. The molecule has 0 radical (unpaired) electrons. The van der Waals surface area contributed by atoms with Crippen LogP contribution < -0.4 is 20.9 Å². The van der Waals surface area contributed by atoms with Gasteiger partial charge < -0.3 is 20.8 Å². The summed E-state index contributed by atoms with van der Waals surface area (Å²) >= 11 is -2.15. The number of benzene rings is 3. The van der Waals surface area contributed by atoms with E-state index in [2.05, 4.69) is 9.71 Å². The molecule has 218 valence electrons. The van der Waals surface area contributed by atoms with Crippen molar-refractivity contribution in [2.45, 2.75) is 21.6 Å². The number of rotatable bonds is 9. The lowest BCUT2D eigenvalue weighted by Gasteiger charge is -2.14. The number of anilines is 1. The summed E-state index contributed by atoms with van der Waals surface area (Å²) in [6, 6.07) is 8.72. The van der Waals surface area contributed by atoms with E-state index in [4.69, 9.17) is 16.2 Å². The molecule has 3 rings (SSSR count). The van der Waals surface area contributed by atoms with Crippen LogP contribution in [0.4, 0.5) is 14.5 Å². The van der Waals surface area contributed by atoms with E-state index in [1.165, 1.54) is 31.2 Å². The number of aliphatic imine (C=N–C) groups is 1. The Morgan fingerprint density at radius 3 is 1.95 bits per heavy atom. The predicted molar refractivity (Wildman–Crippen MR) is 143 cm³/mol. The number of amides is 1. The van der Waals surface area contributed by atoms with Crippen LogP contribution in [-0.2, 0) is 36.4 Å². The zero-order valence-corrected chi connectivity index (χ0v) is 23.1. The highest BCUT2D eigenvalue weighted by Gasteiger charge is 2.21. The first-order chi connectivity index (χ1) is 18.9. The third-order valence-corrected chi connectivity index (χ3v) is 7.70. The molecule has 0 aliphatic carbocycles. The Kier molecular flexibility index (Phi) is 9.36. The molecular formula is C23H20F2N4O9S3. The molecule has 0 aromatic heterocycles. The molecule has 1 atom stereocenters. The van der Waals surface area contributed by atoms with Gasteiger partial charge in [0.05, 0.1) is 15.5 Å². The zero-order chi connectivity index (χ0) is 30.7. The quantitative estimate of drug-likeness (QED) is 0.0754. The number of carbonyl (C=O) groups excluding carboxylic acids is 1. The standard InChI is InChI=1S/C23H20F2N4O9S3/c1-12(22(30)28-23(26)27)6-13-7-19(24)21(20(25)8-13)38-15-2-4-16(5-3-15)39(31)29-14-9-17(40(32,33)34)11-18(10-14)41(35,36)37/h2-11,29H,1H3,(H,32,33,34)(H,35,36,37)(H4,26,27,28,30)/b12-6+. The third-order valence-electron chi connectivity index (χ3n) is 4.92. The first-order valence-corrected chi connectivity index (χ1v) is 14.8. The van der Waals surface area contributed by atoms with E-state index in [1.807, 2.05) is 0 Å². The van der Waals surface area contributed by atoms with Crippen LogP contribution in [0.25, 0.3) is 6.08 Å². The lowest BCUT2D eigenvalue weighted by Crippen LogP contribution is -2.24. The van der Waals surface area contributed by atoms with E-state index in [0.29, 0.717) is 6.07 Å². The Hall–Kier alpha value is -4.07. The molecule has 7 N–H and O–H groups in total. The molecular weight excluding hydrogens is 610 g/mol. The summed E-state index contributed by atoms with van der Waals surface area (Å²) < 4.78 is 114. The van der Waals surface area contributed by atoms with Crippen molar-refractivity contribution in [3.05, 3.63) is 77.4 Å². The second-order valence-corrected chi connectivity index (χ2v) is 12.1. The van der Waals surface area contributed by atoms with Gasteiger partial charge in [0.25, 0.3) is 26.1 Å². The van der Waals surface area contributed by atoms with Gasteiger partial charge >= 0.3 is 0 Å². The van der Waals surface area contributed by atoms with Crippen molar-refractivity contribution in [3.63, 3.8) is 0 Å². The van der Waals surface area contributed by atoms with Crippen LogP contribution in [0.3, 0.4) is 0 Å². The second kappa shape index (κ2) is 12.2. The highest BCUT2D eigenvalue weighted by molar-refractivity contribution is 7.92. The fourth-order valence-corrected chi connectivity index (χ4v) is 5.13. The minimum atomic E-state index is -4.89. The molecule has 0 aliphatic heterocycles. The van der Waals surface area contributed by atoms with Crippen LogP contribution in [0.5, 0.6) is 11.5 Å². The Balaban J connectivity index is 1.80. The minimum absolute atomic E-state index is 0.00184. The first-order valence-electron chi connectivity index (χ1n) is 10.8. The van der Waals surface area contributed by atoms with E-state index < -0.39 is 70.6 Å². The van der Waals surface area contributed by atoms with Crippen molar-refractivity contribution in [2.75, 3.05) is 4.72 Å². The summed E-state index contributed by atoms with van der Waals surface area (Å²) in [4.78, 5) is 13.4. The molecule has 41 heavy (non-hydrogen) atoms. The van der Waals surface area contributed by atoms with Gasteiger partial charge in [0.2, 0.25) is 0 Å². The van der Waals surface area contributed by atoms with Crippen LogP contribution in [-0.4, -0.2) is 42.4 Å². The Morgan fingerprint density at radius 2 is 1.49 bits per heavy atom. The van der Waals surface area contributed by atoms with E-state index in [0.717, 1.165) is 30.3 Å². The minimum Gasteiger partial charge on any atom is -0.588 e. The van der Waals surface area contributed by atoms with Gasteiger partial charge in [0.1, 0.15) is 17.1 Å². The summed E-state index contributed by atoms with van der Waals surface area (Å²) in [6.45, 7) is 1.34. The highest BCUT2D eigenvalue weighted by atomic mass is 32.2. The Bertz CT molecular complexity index is 1700. The van der Waals surface area contributed by atoms with Crippen molar-refractivity contribution >= 4 is 55.2 Å². The van der Waals surface area contributed by atoms with E-state index in [9.17, 15) is 44.1 Å². The van der Waals surface area contributed by atoms with Gasteiger partial charge in [-0.25, -0.2) is 13.5 Å². The van der Waals surface area contributed by atoms with Gasteiger partial charge in [-0.1, -0.05) is 0 Å². The van der Waals surface area contributed by atoms with Crippen LogP contribution in [0, 0.1) is 11.6 Å². The first kappa shape index (κ1) is 31.5. The lowest BCUT2D eigenvalue weighted by molar-refractivity contribution is -0.114. The third kappa shape index (κ3) is 8.46. The smallest absolute Gasteiger partial charge is 0.294 e. The normalized spacial score (nSPS) is 12.9. The molecule has 3 aromatic rings. The largest absolute Gasteiger partial charge is 0.588 e. The van der Waals surface area contributed by atoms with Crippen molar-refractivity contribution in [1.29, 1.82) is 0 Å². The molecule has 0 aliphatic rings. The molecule has 0 saturated heterocycles. The Morgan fingerprint density at radius 1 is 0.976 bits per heavy atom. The van der Waals surface area contributed by atoms with Crippen molar-refractivity contribution in [3.8, 4) is 11.5 Å². The summed E-state index contributed by atoms with van der Waals surface area (Å²) in [6.07, 6.45) is 1.16. The average molecular weight is 631 g/mol. The number of carbonyl (C=O) groups is 1. The number of nitrogens with one attached hydrogen (secondary N) is 1. The van der Waals surface area contributed by atoms with Crippen molar-refractivity contribution in [1.82, 2.24) is 0 Å². The van der Waals surface area contributed by atoms with Gasteiger partial charge in [0, 0.05) is 5.57 Å². The average Bonchev–Trinajstić information content (AvgIpc) is 2.85. The summed E-state index contributed by atoms with van der Waals surface area (Å²) in [5.41, 5.74) is 9.90. The number of hydrogen-bond acceptors (Lipinski definition) is 8. The zero-order valence-electron chi connectivity index (χ0n) is 20.6. The summed E-state index contributed by atoms with van der Waals surface area (Å²) in [5, 5.41) is 0. The number of nitrogens with zero attached hydrogens (tertiary/aromatic N) is 1. The van der Waals surface area contributed by atoms with Crippen LogP contribution in [0.2, 0.25) is 0 Å². The molecule has 0 heterocycles. The highest BCUT2D eigenvalue weighted by Crippen LogP contribution is 2.31. The number of hydrogen-bond donors (Lipinski definition) is 5. The second-order valence-electron chi connectivity index (χ2n) is 8.07. The number of ether oxygens (including phenoxy) is 1. The number of nitrogens with two attached hydrogens (primary N) is 2. The molecule has 3 aromatic carbocycles. The SMILES string of the molecule is C/C(=C\c1cc(F)c(Oc2ccc([S+]([O-])Nc3cc(S(=O)(=O)O)cc(S(=O)(=O)O)c3)cc2)c(F)c1)C(=O)N=C(N)N. The molecule has 18 heteroatoms. The van der Waals surface area contributed by atoms with Gasteiger partial charge in [0.15, 0.2) is 28.2 Å². The summed E-state index contributed by atoms with van der Waals surface area (Å²) in [5.74, 6) is -4.35. The maximum Gasteiger partial charge on any atom is 0.294 e. The molecule has 1 unspecified atom stereocenters. The topological polar surface area (TPSA) is 235 Å². The Labute approximate surface area is 235 Å². The van der Waals surface area contributed by atoms with Crippen LogP contribution in [0.1, 0.15) is 12.5 Å². The van der Waals surface area contributed by atoms with E-state index in [-0.39, 0.29) is 27.5 Å². The fraction of sp³-hybridized carbons (Fsp3) is 0.0435. The van der Waals surface area contributed by atoms with Crippen LogP contribution in [0.15, 0.2) is 79.8 Å². The number of guanidine groups is 1. The van der Waals surface area contributed by atoms with E-state index in [1.54, 1.807) is 0 Å². The number of halogens is 2. The summed E-state index contributed by atoms with van der Waals surface area (Å²) in [7, 11) is -9.79. The van der Waals surface area contributed by atoms with Crippen LogP contribution >= 0.6 is 0 Å². The fourth-order valence-electron chi connectivity index (χ4n) is 3.12. The van der Waals surface area contributed by atoms with Crippen molar-refractivity contribution < 1.29 is 48.8 Å². The molecule has 0 saturated carbocycles. The molecule has 0 bridgehead atoms. The molecule has 0 spiro atoms. The predicted octanol–water partition coefficient (Wildman–Crippen LogP) is 2.59. The molecule has 0 fully saturated rings. The maximum absolute atomic E-state index is 14.6. The van der Waals surface area contributed by atoms with Gasteiger partial charge in [-0.2, -0.15) is 21.8 Å². The molecule has 1 amide bonds. The van der Waals surface area contributed by atoms with Gasteiger partial charge in [-0.15, -0.1) is 0 Å². The maximum atomic E-state index is 14.6. The lowest BCUT2D eigenvalue weighted by atomic mass is 10.1. The molecule has 13 nitrogen and oxygen atoms in total. The van der Waals surface area contributed by atoms with Crippen molar-refractivity contribution in [2.24, 2.45) is 16.5 Å². The van der Waals surface area contributed by atoms with Gasteiger partial charge in [-0.05, 0) is 73.2 Å².